The molecule has 19 heavy (non-hydrogen) atoms. The lowest BCUT2D eigenvalue weighted by atomic mass is 10.0. The fraction of sp³-hybridized carbons (Fsp3) is 0.429. The van der Waals surface area contributed by atoms with Gasteiger partial charge in [-0.1, -0.05) is 0 Å². The Morgan fingerprint density at radius 3 is 3.16 bits per heavy atom. The molecule has 0 aromatic carbocycles. The van der Waals surface area contributed by atoms with Crippen molar-refractivity contribution in [2.45, 2.75) is 24.9 Å². The highest BCUT2D eigenvalue weighted by Crippen LogP contribution is 2.31. The molecule has 98 valence electrons. The molecule has 2 aromatic heterocycles. The van der Waals surface area contributed by atoms with E-state index in [0.717, 1.165) is 18.4 Å². The van der Waals surface area contributed by atoms with E-state index in [-0.39, 0.29) is 11.9 Å². The van der Waals surface area contributed by atoms with Gasteiger partial charge in [-0.15, -0.1) is 0 Å². The number of amides is 1. The van der Waals surface area contributed by atoms with Crippen LogP contribution in [0.3, 0.4) is 0 Å². The number of nitrogens with zero attached hydrogens (tertiary/aromatic N) is 1. The second-order valence-corrected chi connectivity index (χ2v) is 5.43. The van der Waals surface area contributed by atoms with Crippen molar-refractivity contribution in [3.8, 4) is 0 Å². The topological polar surface area (TPSA) is 67.2 Å². The van der Waals surface area contributed by atoms with Crippen molar-refractivity contribution >= 4 is 17.0 Å². The molecule has 0 spiro atoms. The van der Waals surface area contributed by atoms with Crippen molar-refractivity contribution < 1.29 is 9.21 Å². The highest BCUT2D eigenvalue weighted by molar-refractivity contribution is 5.95. The van der Waals surface area contributed by atoms with E-state index in [2.05, 4.69) is 15.6 Å². The lowest BCUT2D eigenvalue weighted by Gasteiger charge is -2.22. The largest absolute Gasteiger partial charge is 0.433 e. The molecule has 1 aliphatic carbocycles. The van der Waals surface area contributed by atoms with Crippen LogP contribution in [0, 0.1) is 5.92 Å². The van der Waals surface area contributed by atoms with Gasteiger partial charge < -0.3 is 15.1 Å². The van der Waals surface area contributed by atoms with Crippen LogP contribution < -0.4 is 10.6 Å². The average Bonchev–Trinajstić information content (AvgIpc) is 3.12. The molecular formula is C14H15N3O2. The van der Waals surface area contributed by atoms with E-state index in [1.54, 1.807) is 12.3 Å². The van der Waals surface area contributed by atoms with Crippen LogP contribution in [0.15, 0.2) is 28.8 Å². The number of pyridine rings is 1. The molecule has 3 unspecified atom stereocenters. The Balaban J connectivity index is 1.53. The molecule has 1 amide bonds. The highest BCUT2D eigenvalue weighted by Gasteiger charge is 2.40. The van der Waals surface area contributed by atoms with E-state index >= 15 is 0 Å². The predicted molar refractivity (Wildman–Crippen MR) is 69.8 cm³/mol. The van der Waals surface area contributed by atoms with Crippen LogP contribution in [-0.4, -0.2) is 29.5 Å². The fourth-order valence-electron chi connectivity index (χ4n) is 3.24. The van der Waals surface area contributed by atoms with Gasteiger partial charge in [0.05, 0.1) is 0 Å². The number of aromatic nitrogens is 1. The molecule has 0 radical (unpaired) electrons. The summed E-state index contributed by atoms with van der Waals surface area (Å²) >= 11 is 0. The number of rotatable bonds is 2. The number of hydrogen-bond donors (Lipinski definition) is 2. The number of fused-ring (bicyclic) bond motifs is 3. The zero-order valence-corrected chi connectivity index (χ0v) is 10.4. The van der Waals surface area contributed by atoms with Gasteiger partial charge in [0, 0.05) is 30.2 Å². The van der Waals surface area contributed by atoms with Crippen molar-refractivity contribution in [3.05, 3.63) is 30.2 Å². The molecule has 2 N–H and O–H groups in total. The van der Waals surface area contributed by atoms with E-state index in [1.165, 1.54) is 6.42 Å². The molecule has 1 saturated heterocycles. The smallest absolute Gasteiger partial charge is 0.287 e. The maximum Gasteiger partial charge on any atom is 0.287 e. The second kappa shape index (κ2) is 4.06. The number of furan rings is 1. The van der Waals surface area contributed by atoms with Crippen LogP contribution in [0.2, 0.25) is 0 Å². The van der Waals surface area contributed by atoms with Gasteiger partial charge >= 0.3 is 0 Å². The van der Waals surface area contributed by atoms with Crippen LogP contribution in [0.1, 0.15) is 23.4 Å². The lowest BCUT2D eigenvalue weighted by Crippen LogP contribution is -2.44. The van der Waals surface area contributed by atoms with Crippen molar-refractivity contribution in [1.82, 2.24) is 15.6 Å². The Morgan fingerprint density at radius 1 is 1.47 bits per heavy atom. The maximum atomic E-state index is 12.2. The molecule has 2 bridgehead atoms. The van der Waals surface area contributed by atoms with Crippen LogP contribution in [0.4, 0.5) is 0 Å². The monoisotopic (exact) mass is 257 g/mol. The van der Waals surface area contributed by atoms with Crippen molar-refractivity contribution in [2.75, 3.05) is 6.54 Å². The molecule has 3 heterocycles. The fourth-order valence-corrected chi connectivity index (χ4v) is 3.24. The Bertz CT molecular complexity index is 603. The minimum atomic E-state index is -0.129. The quantitative estimate of drug-likeness (QED) is 0.851. The third-order valence-corrected chi connectivity index (χ3v) is 4.20. The van der Waals surface area contributed by atoms with Crippen LogP contribution in [-0.2, 0) is 0 Å². The van der Waals surface area contributed by atoms with Gasteiger partial charge in [0.15, 0.2) is 5.76 Å². The summed E-state index contributed by atoms with van der Waals surface area (Å²) in [7, 11) is 0. The first-order valence-electron chi connectivity index (χ1n) is 6.68. The number of carbonyl (C=O) groups excluding carboxylic acids is 1. The van der Waals surface area contributed by atoms with E-state index < -0.39 is 0 Å². The number of nitrogens with one attached hydrogen (secondary N) is 2. The minimum Gasteiger partial charge on any atom is -0.433 e. The maximum absolute atomic E-state index is 12.2. The normalized spacial score (nSPS) is 28.9. The molecule has 3 atom stereocenters. The summed E-state index contributed by atoms with van der Waals surface area (Å²) < 4.78 is 5.48. The third-order valence-electron chi connectivity index (χ3n) is 4.20. The molecular weight excluding hydrogens is 242 g/mol. The minimum absolute atomic E-state index is 0.129. The molecule has 2 aliphatic rings. The number of piperidine rings is 1. The Labute approximate surface area is 110 Å². The molecule has 5 nitrogen and oxygen atoms in total. The molecule has 4 rings (SSSR count). The summed E-state index contributed by atoms with van der Waals surface area (Å²) in [5.74, 6) is 0.788. The van der Waals surface area contributed by atoms with Gasteiger partial charge in [-0.3, -0.25) is 4.79 Å². The molecule has 1 saturated carbocycles. The van der Waals surface area contributed by atoms with Crippen LogP contribution in [0.25, 0.3) is 11.1 Å². The lowest BCUT2D eigenvalue weighted by molar-refractivity contribution is 0.0898. The number of hydrogen-bond acceptors (Lipinski definition) is 4. The van der Waals surface area contributed by atoms with Crippen molar-refractivity contribution in [3.63, 3.8) is 0 Å². The molecule has 5 heteroatoms. The summed E-state index contributed by atoms with van der Waals surface area (Å²) in [5, 5.41) is 7.39. The first-order chi connectivity index (χ1) is 9.29. The van der Waals surface area contributed by atoms with Gasteiger partial charge in [0.1, 0.15) is 0 Å². The Hall–Kier alpha value is -1.88. The van der Waals surface area contributed by atoms with Crippen molar-refractivity contribution in [2.24, 2.45) is 5.92 Å². The van der Waals surface area contributed by atoms with Crippen LogP contribution in [0.5, 0.6) is 0 Å². The summed E-state index contributed by atoms with van der Waals surface area (Å²) in [6.07, 6.45) is 3.86. The Morgan fingerprint density at radius 2 is 2.42 bits per heavy atom. The highest BCUT2D eigenvalue weighted by atomic mass is 16.4. The summed E-state index contributed by atoms with van der Waals surface area (Å²) in [5.41, 5.74) is 0.516. The summed E-state index contributed by atoms with van der Waals surface area (Å²) in [6.45, 7) is 1.01. The predicted octanol–water partition coefficient (Wildman–Crippen LogP) is 1.31. The van der Waals surface area contributed by atoms with Gasteiger partial charge in [-0.25, -0.2) is 4.98 Å². The molecule has 2 fully saturated rings. The van der Waals surface area contributed by atoms with Gasteiger partial charge in [-0.2, -0.15) is 0 Å². The molecule has 2 aromatic rings. The molecule has 1 aliphatic heterocycles. The third kappa shape index (κ3) is 1.81. The van der Waals surface area contributed by atoms with Gasteiger partial charge in [-0.05, 0) is 37.0 Å². The van der Waals surface area contributed by atoms with Crippen LogP contribution >= 0.6 is 0 Å². The second-order valence-electron chi connectivity index (χ2n) is 5.43. The van der Waals surface area contributed by atoms with E-state index in [0.29, 0.717) is 23.4 Å². The first kappa shape index (κ1) is 11.0. The zero-order valence-electron chi connectivity index (χ0n) is 10.4. The summed E-state index contributed by atoms with van der Waals surface area (Å²) in [4.78, 5) is 16.3. The summed E-state index contributed by atoms with van der Waals surface area (Å²) in [6, 6.07) is 6.33. The number of carbonyl (C=O) groups is 1. The van der Waals surface area contributed by atoms with Gasteiger partial charge in [0.25, 0.3) is 5.91 Å². The standard InChI is InChI=1S/C14H15N3O2/c18-13(17-11-6-10-4-9(11)7-16-10)12-5-8-2-1-3-15-14(8)19-12/h1-3,5,9-11,16H,4,6-7H2,(H,17,18). The average molecular weight is 257 g/mol. The van der Waals surface area contributed by atoms with E-state index in [1.807, 2.05) is 12.1 Å². The van der Waals surface area contributed by atoms with Crippen molar-refractivity contribution in [1.29, 1.82) is 0 Å². The first-order valence-corrected chi connectivity index (χ1v) is 6.68. The van der Waals surface area contributed by atoms with E-state index in [4.69, 9.17) is 4.42 Å². The Kier molecular flexibility index (Phi) is 2.35. The van der Waals surface area contributed by atoms with Gasteiger partial charge in [0.2, 0.25) is 5.71 Å². The SMILES string of the molecule is O=C(NC1CC2CC1CN2)c1cc2cccnc2o1. The van der Waals surface area contributed by atoms with E-state index in [9.17, 15) is 4.79 Å². The zero-order chi connectivity index (χ0) is 12.8.